The van der Waals surface area contributed by atoms with E-state index in [-0.39, 0.29) is 17.9 Å². The van der Waals surface area contributed by atoms with Gasteiger partial charge in [-0.1, -0.05) is 0 Å². The molecule has 0 bridgehead atoms. The predicted molar refractivity (Wildman–Crippen MR) is 94.2 cm³/mol. The van der Waals surface area contributed by atoms with Gasteiger partial charge in [0.15, 0.2) is 5.78 Å². The van der Waals surface area contributed by atoms with Crippen molar-refractivity contribution in [3.63, 3.8) is 0 Å². The molecule has 1 aromatic carbocycles. The van der Waals surface area contributed by atoms with Crippen molar-refractivity contribution in [2.24, 2.45) is 4.99 Å². The Morgan fingerprint density at radius 3 is 2.50 bits per heavy atom. The number of hydrogen-bond acceptors (Lipinski definition) is 7. The highest BCUT2D eigenvalue weighted by molar-refractivity contribution is 7.03. The molecule has 1 aromatic heterocycles. The van der Waals surface area contributed by atoms with Gasteiger partial charge in [0, 0.05) is 17.1 Å². The standard InChI is InChI=1S/C18H13F3N2O4S/c1-2-26-16(25)17(12-9-22-28-10-12)15(24)8-7-14(23-17)11-3-5-13(6-4-11)27-18(19,20)21/h3-10H,2H2,1H3. The smallest absolute Gasteiger partial charge is 0.464 e. The molecule has 0 saturated heterocycles. The van der Waals surface area contributed by atoms with Crippen LogP contribution < -0.4 is 4.74 Å². The summed E-state index contributed by atoms with van der Waals surface area (Å²) >= 11 is 1.05. The quantitative estimate of drug-likeness (QED) is 0.558. The second-order valence-electron chi connectivity index (χ2n) is 5.61. The van der Waals surface area contributed by atoms with Gasteiger partial charge < -0.3 is 9.47 Å². The third-order valence-electron chi connectivity index (χ3n) is 3.84. The van der Waals surface area contributed by atoms with Crippen molar-refractivity contribution in [3.8, 4) is 5.75 Å². The first kappa shape index (κ1) is 19.7. The highest BCUT2D eigenvalue weighted by atomic mass is 32.1. The van der Waals surface area contributed by atoms with Crippen molar-refractivity contribution in [1.82, 2.24) is 4.37 Å². The van der Waals surface area contributed by atoms with E-state index in [1.165, 1.54) is 35.9 Å². The molecule has 0 N–H and O–H groups in total. The molecular formula is C18H13F3N2O4S. The van der Waals surface area contributed by atoms with E-state index < -0.39 is 29.4 Å². The highest BCUT2D eigenvalue weighted by Crippen LogP contribution is 2.34. The zero-order chi connectivity index (χ0) is 20.4. The van der Waals surface area contributed by atoms with Crippen LogP contribution in [-0.4, -0.2) is 34.8 Å². The summed E-state index contributed by atoms with van der Waals surface area (Å²) in [5.74, 6) is -1.84. The monoisotopic (exact) mass is 410 g/mol. The number of benzene rings is 1. The van der Waals surface area contributed by atoms with Gasteiger partial charge >= 0.3 is 12.3 Å². The molecule has 0 amide bonds. The number of allylic oxidation sites excluding steroid dienone is 1. The maximum atomic E-state index is 12.7. The Kier molecular flexibility index (Phi) is 5.32. The fourth-order valence-corrected chi connectivity index (χ4v) is 3.21. The van der Waals surface area contributed by atoms with Crippen LogP contribution in [0.3, 0.4) is 0 Å². The average Bonchev–Trinajstić information content (AvgIpc) is 3.17. The van der Waals surface area contributed by atoms with E-state index in [0.29, 0.717) is 5.56 Å². The van der Waals surface area contributed by atoms with Crippen LogP contribution in [0.15, 0.2) is 53.0 Å². The van der Waals surface area contributed by atoms with Crippen molar-refractivity contribution in [1.29, 1.82) is 0 Å². The van der Waals surface area contributed by atoms with E-state index in [1.807, 2.05) is 0 Å². The Balaban J connectivity index is 2.03. The number of aromatic nitrogens is 1. The van der Waals surface area contributed by atoms with Crippen LogP contribution in [0.1, 0.15) is 18.1 Å². The van der Waals surface area contributed by atoms with Gasteiger partial charge in [0.1, 0.15) is 5.75 Å². The van der Waals surface area contributed by atoms with Gasteiger partial charge in [-0.2, -0.15) is 0 Å². The summed E-state index contributed by atoms with van der Waals surface area (Å²) in [6.45, 7) is 1.65. The van der Waals surface area contributed by atoms with Crippen LogP contribution >= 0.6 is 11.5 Å². The first-order valence-corrected chi connectivity index (χ1v) is 8.85. The Hall–Kier alpha value is -3.01. The molecule has 2 heterocycles. The topological polar surface area (TPSA) is 77.8 Å². The van der Waals surface area contributed by atoms with E-state index in [2.05, 4.69) is 14.1 Å². The van der Waals surface area contributed by atoms with Crippen molar-refractivity contribution in [3.05, 3.63) is 59.1 Å². The first-order chi connectivity index (χ1) is 13.3. The Labute approximate surface area is 161 Å². The molecule has 0 spiro atoms. The van der Waals surface area contributed by atoms with Crippen LogP contribution in [0.2, 0.25) is 0 Å². The molecule has 146 valence electrons. The van der Waals surface area contributed by atoms with Crippen molar-refractivity contribution in [2.45, 2.75) is 18.8 Å². The van der Waals surface area contributed by atoms with E-state index in [4.69, 9.17) is 4.74 Å². The van der Waals surface area contributed by atoms with Crippen LogP contribution in [0, 0.1) is 0 Å². The van der Waals surface area contributed by atoms with Crippen molar-refractivity contribution >= 4 is 29.0 Å². The third kappa shape index (κ3) is 3.81. The first-order valence-electron chi connectivity index (χ1n) is 8.02. The van der Waals surface area contributed by atoms with Crippen LogP contribution in [0.25, 0.3) is 0 Å². The van der Waals surface area contributed by atoms with E-state index >= 15 is 0 Å². The lowest BCUT2D eigenvalue weighted by Crippen LogP contribution is -2.44. The summed E-state index contributed by atoms with van der Waals surface area (Å²) in [5, 5.41) is 1.52. The number of carbonyl (C=O) groups excluding carboxylic acids is 2. The van der Waals surface area contributed by atoms with Gasteiger partial charge in [-0.25, -0.2) is 9.17 Å². The van der Waals surface area contributed by atoms with Gasteiger partial charge in [0.05, 0.1) is 12.3 Å². The lowest BCUT2D eigenvalue weighted by molar-refractivity contribution is -0.274. The molecule has 0 fully saturated rings. The molecule has 0 saturated carbocycles. The van der Waals surface area contributed by atoms with Crippen molar-refractivity contribution < 1.29 is 32.2 Å². The Morgan fingerprint density at radius 1 is 1.21 bits per heavy atom. The highest BCUT2D eigenvalue weighted by Gasteiger charge is 2.50. The van der Waals surface area contributed by atoms with Crippen molar-refractivity contribution in [2.75, 3.05) is 6.61 Å². The molecule has 28 heavy (non-hydrogen) atoms. The second-order valence-corrected chi connectivity index (χ2v) is 6.27. The average molecular weight is 410 g/mol. The minimum Gasteiger partial charge on any atom is -0.464 e. The zero-order valence-corrected chi connectivity index (χ0v) is 15.2. The number of ether oxygens (including phenoxy) is 2. The zero-order valence-electron chi connectivity index (χ0n) is 14.4. The van der Waals surface area contributed by atoms with Gasteiger partial charge in [-0.05, 0) is 60.4 Å². The summed E-state index contributed by atoms with van der Waals surface area (Å²) in [6.07, 6.45) is -0.864. The molecule has 1 aliphatic heterocycles. The molecule has 10 heteroatoms. The van der Waals surface area contributed by atoms with Gasteiger partial charge in [-0.15, -0.1) is 13.2 Å². The lowest BCUT2D eigenvalue weighted by atomic mass is 9.85. The number of halogens is 3. The molecule has 0 radical (unpaired) electrons. The maximum absolute atomic E-state index is 12.7. The number of carbonyl (C=O) groups is 2. The Morgan fingerprint density at radius 2 is 1.93 bits per heavy atom. The number of hydrogen-bond donors (Lipinski definition) is 0. The normalized spacial score (nSPS) is 19.3. The molecule has 6 nitrogen and oxygen atoms in total. The number of dihydropyridines is 1. The van der Waals surface area contributed by atoms with E-state index in [1.54, 1.807) is 6.92 Å². The van der Waals surface area contributed by atoms with Gasteiger partial charge in [0.2, 0.25) is 5.54 Å². The van der Waals surface area contributed by atoms with E-state index in [0.717, 1.165) is 23.7 Å². The van der Waals surface area contributed by atoms with Crippen LogP contribution in [0.4, 0.5) is 13.2 Å². The summed E-state index contributed by atoms with van der Waals surface area (Å²) in [4.78, 5) is 29.7. The van der Waals surface area contributed by atoms with Crippen LogP contribution in [0.5, 0.6) is 5.75 Å². The van der Waals surface area contributed by atoms with Gasteiger partial charge in [0.25, 0.3) is 0 Å². The molecule has 3 rings (SSSR count). The maximum Gasteiger partial charge on any atom is 0.573 e. The minimum atomic E-state index is -4.80. The van der Waals surface area contributed by atoms with Crippen LogP contribution in [-0.2, 0) is 19.9 Å². The number of aliphatic imine (C=N–C) groups is 1. The summed E-state index contributed by atoms with van der Waals surface area (Å²) < 4.78 is 49.8. The molecule has 0 aliphatic carbocycles. The third-order valence-corrected chi connectivity index (χ3v) is 4.43. The number of nitrogens with zero attached hydrogens (tertiary/aromatic N) is 2. The number of alkyl halides is 3. The Bertz CT molecular complexity index is 937. The molecule has 1 atom stereocenters. The second kappa shape index (κ2) is 7.55. The number of esters is 1. The fraction of sp³-hybridized carbons (Fsp3) is 0.222. The minimum absolute atomic E-state index is 0.0451. The van der Waals surface area contributed by atoms with E-state index in [9.17, 15) is 22.8 Å². The molecule has 1 aliphatic rings. The molecule has 2 aromatic rings. The fourth-order valence-electron chi connectivity index (χ4n) is 2.63. The lowest BCUT2D eigenvalue weighted by Gasteiger charge is -2.27. The number of ketones is 1. The summed E-state index contributed by atoms with van der Waals surface area (Å²) in [7, 11) is 0. The largest absolute Gasteiger partial charge is 0.573 e. The molecular weight excluding hydrogens is 397 g/mol. The number of rotatable bonds is 5. The summed E-state index contributed by atoms with van der Waals surface area (Å²) in [5.41, 5.74) is -1.04. The SMILES string of the molecule is CCOC(=O)C1(c2cnsc2)N=C(c2ccc(OC(F)(F)F)cc2)C=CC1=O. The van der Waals surface area contributed by atoms with Gasteiger partial charge in [-0.3, -0.25) is 9.79 Å². The predicted octanol–water partition coefficient (Wildman–Crippen LogP) is 3.43. The summed E-state index contributed by atoms with van der Waals surface area (Å²) in [6, 6.07) is 4.94. The molecule has 1 unspecified atom stereocenters.